The van der Waals surface area contributed by atoms with Crippen LogP contribution in [0.2, 0.25) is 0 Å². The van der Waals surface area contributed by atoms with Crippen LogP contribution < -0.4 is 5.32 Å². The summed E-state index contributed by atoms with van der Waals surface area (Å²) in [6.07, 6.45) is 0.0498. The fourth-order valence-corrected chi connectivity index (χ4v) is 1.97. The van der Waals surface area contributed by atoms with Crippen LogP contribution in [-0.4, -0.2) is 23.6 Å². The van der Waals surface area contributed by atoms with Gasteiger partial charge in [0.05, 0.1) is 6.42 Å². The van der Waals surface area contributed by atoms with Crippen LogP contribution in [0.4, 0.5) is 5.69 Å². The van der Waals surface area contributed by atoms with Gasteiger partial charge in [0, 0.05) is 22.0 Å². The van der Waals surface area contributed by atoms with E-state index in [1.54, 1.807) is 37.3 Å². The minimum Gasteiger partial charge on any atom is -0.507 e. The van der Waals surface area contributed by atoms with Gasteiger partial charge in [-0.05, 0) is 19.1 Å². The first-order chi connectivity index (χ1) is 10.5. The van der Waals surface area contributed by atoms with E-state index in [1.807, 2.05) is 6.07 Å². The lowest BCUT2D eigenvalue weighted by Gasteiger charge is -2.10. The topological polar surface area (TPSA) is 75.6 Å². The van der Waals surface area contributed by atoms with Crippen molar-refractivity contribution in [3.63, 3.8) is 0 Å². The van der Waals surface area contributed by atoms with E-state index >= 15 is 0 Å². The Hall–Kier alpha value is -2.82. The van der Waals surface area contributed by atoms with Gasteiger partial charge in [-0.25, -0.2) is 4.79 Å². The molecule has 114 valence electrons. The molecule has 5 heteroatoms. The van der Waals surface area contributed by atoms with Crippen molar-refractivity contribution in [3.8, 4) is 5.75 Å². The Kier molecular flexibility index (Phi) is 4.78. The molecule has 0 unspecified atom stereocenters. The van der Waals surface area contributed by atoms with Crippen molar-refractivity contribution in [1.82, 2.24) is 0 Å². The van der Waals surface area contributed by atoms with Crippen LogP contribution in [0, 0.1) is 0 Å². The highest BCUT2D eigenvalue weighted by Crippen LogP contribution is 2.29. The maximum Gasteiger partial charge on any atom is 0.333 e. The van der Waals surface area contributed by atoms with Gasteiger partial charge >= 0.3 is 5.97 Å². The molecule has 0 spiro atoms. The zero-order chi connectivity index (χ0) is 16.1. The van der Waals surface area contributed by atoms with Crippen LogP contribution in [0.25, 0.3) is 10.8 Å². The van der Waals surface area contributed by atoms with E-state index in [2.05, 4.69) is 11.9 Å². The van der Waals surface area contributed by atoms with Gasteiger partial charge in [-0.15, -0.1) is 0 Å². The maximum atomic E-state index is 11.9. The molecule has 0 heterocycles. The summed E-state index contributed by atoms with van der Waals surface area (Å²) in [4.78, 5) is 23.1. The monoisotopic (exact) mass is 299 g/mol. The second kappa shape index (κ2) is 6.76. The van der Waals surface area contributed by atoms with Crippen molar-refractivity contribution in [2.75, 3.05) is 11.9 Å². The van der Waals surface area contributed by atoms with E-state index in [-0.39, 0.29) is 24.7 Å². The number of rotatable bonds is 5. The predicted molar refractivity (Wildman–Crippen MR) is 84.6 cm³/mol. The van der Waals surface area contributed by atoms with E-state index in [9.17, 15) is 14.7 Å². The highest BCUT2D eigenvalue weighted by molar-refractivity contribution is 6.03. The fraction of sp³-hybridized carbons (Fsp3) is 0.176. The molecule has 0 saturated carbocycles. The third kappa shape index (κ3) is 3.63. The first kappa shape index (κ1) is 15.6. The average molecular weight is 299 g/mol. The lowest BCUT2D eigenvalue weighted by atomic mass is 10.1. The lowest BCUT2D eigenvalue weighted by molar-refractivity contribution is -0.139. The number of amides is 1. The number of ether oxygens (including phenoxy) is 1. The molecule has 2 rings (SSSR count). The van der Waals surface area contributed by atoms with Gasteiger partial charge in [-0.3, -0.25) is 4.79 Å². The fourth-order valence-electron chi connectivity index (χ4n) is 1.97. The van der Waals surface area contributed by atoms with Gasteiger partial charge in [0.15, 0.2) is 0 Å². The number of esters is 1. The molecule has 2 aromatic carbocycles. The summed E-state index contributed by atoms with van der Waals surface area (Å²) in [6, 6.07) is 10.4. The summed E-state index contributed by atoms with van der Waals surface area (Å²) < 4.78 is 4.88. The third-order valence-electron chi connectivity index (χ3n) is 3.08. The number of phenols is 1. The molecule has 0 bridgehead atoms. The summed E-state index contributed by atoms with van der Waals surface area (Å²) >= 11 is 0. The molecule has 0 fully saturated rings. The highest BCUT2D eigenvalue weighted by atomic mass is 16.5. The van der Waals surface area contributed by atoms with Crippen molar-refractivity contribution in [2.24, 2.45) is 0 Å². The number of hydrogen-bond donors (Lipinski definition) is 2. The molecule has 0 saturated heterocycles. The van der Waals surface area contributed by atoms with Crippen molar-refractivity contribution in [1.29, 1.82) is 0 Å². The van der Waals surface area contributed by atoms with E-state index in [0.29, 0.717) is 16.6 Å². The molecule has 0 atom stereocenters. The Morgan fingerprint density at radius 1 is 1.18 bits per heavy atom. The van der Waals surface area contributed by atoms with Gasteiger partial charge in [0.1, 0.15) is 12.4 Å². The van der Waals surface area contributed by atoms with Gasteiger partial charge in [-0.1, -0.05) is 30.8 Å². The quantitative estimate of drug-likeness (QED) is 0.657. The lowest BCUT2D eigenvalue weighted by Crippen LogP contribution is -2.16. The predicted octanol–water partition coefficient (Wildman–Crippen LogP) is 2.99. The Balaban J connectivity index is 2.02. The molecule has 0 aliphatic carbocycles. The SMILES string of the molecule is C=C(C)C(=O)OCCC(=O)Nc1cccc2c(O)cccc12. The van der Waals surface area contributed by atoms with Gasteiger partial charge in [0.25, 0.3) is 0 Å². The number of carbonyl (C=O) groups excluding carboxylic acids is 2. The van der Waals surface area contributed by atoms with Crippen LogP contribution in [0.15, 0.2) is 48.6 Å². The summed E-state index contributed by atoms with van der Waals surface area (Å²) in [7, 11) is 0. The number of nitrogens with one attached hydrogen (secondary N) is 1. The second-order valence-corrected chi connectivity index (χ2v) is 4.89. The van der Waals surface area contributed by atoms with Gasteiger partial charge < -0.3 is 15.2 Å². The molecule has 5 nitrogen and oxygen atoms in total. The van der Waals surface area contributed by atoms with Crippen LogP contribution >= 0.6 is 0 Å². The molecular weight excluding hydrogens is 282 g/mol. The van der Waals surface area contributed by atoms with E-state index in [1.165, 1.54) is 0 Å². The van der Waals surface area contributed by atoms with Crippen molar-refractivity contribution in [2.45, 2.75) is 13.3 Å². The second-order valence-electron chi connectivity index (χ2n) is 4.89. The number of fused-ring (bicyclic) bond motifs is 1. The summed E-state index contributed by atoms with van der Waals surface area (Å²) in [5.41, 5.74) is 0.898. The molecule has 0 radical (unpaired) electrons. The number of aromatic hydroxyl groups is 1. The molecule has 2 aromatic rings. The van der Waals surface area contributed by atoms with Crippen molar-refractivity contribution >= 4 is 28.3 Å². The molecule has 2 N–H and O–H groups in total. The molecule has 0 aliphatic heterocycles. The number of benzene rings is 2. The highest BCUT2D eigenvalue weighted by Gasteiger charge is 2.09. The summed E-state index contributed by atoms with van der Waals surface area (Å²) in [5, 5.41) is 14.0. The van der Waals surface area contributed by atoms with Crippen molar-refractivity contribution < 1.29 is 19.4 Å². The third-order valence-corrected chi connectivity index (χ3v) is 3.08. The van der Waals surface area contributed by atoms with Crippen molar-refractivity contribution in [3.05, 3.63) is 48.6 Å². The van der Waals surface area contributed by atoms with E-state index < -0.39 is 5.97 Å². The van der Waals surface area contributed by atoms with Gasteiger partial charge in [0.2, 0.25) is 5.91 Å². The minimum absolute atomic E-state index is 0.00641. The zero-order valence-corrected chi connectivity index (χ0v) is 12.3. The smallest absolute Gasteiger partial charge is 0.333 e. The number of anilines is 1. The Morgan fingerprint density at radius 3 is 2.59 bits per heavy atom. The normalized spacial score (nSPS) is 10.2. The first-order valence-electron chi connectivity index (χ1n) is 6.82. The van der Waals surface area contributed by atoms with Crippen LogP contribution in [0.3, 0.4) is 0 Å². The zero-order valence-electron chi connectivity index (χ0n) is 12.3. The Morgan fingerprint density at radius 2 is 1.86 bits per heavy atom. The molecule has 0 aromatic heterocycles. The molecule has 22 heavy (non-hydrogen) atoms. The largest absolute Gasteiger partial charge is 0.507 e. The van der Waals surface area contributed by atoms with Crippen LogP contribution in [0.5, 0.6) is 5.75 Å². The number of phenolic OH excluding ortho intramolecular Hbond substituents is 1. The maximum absolute atomic E-state index is 11.9. The number of hydrogen-bond acceptors (Lipinski definition) is 4. The Bertz CT molecular complexity index is 737. The molecule has 1 amide bonds. The van der Waals surface area contributed by atoms with Crippen LogP contribution in [-0.2, 0) is 14.3 Å². The molecular formula is C17H17NO4. The average Bonchev–Trinajstić information content (AvgIpc) is 2.48. The van der Waals surface area contributed by atoms with Crippen LogP contribution in [0.1, 0.15) is 13.3 Å². The van der Waals surface area contributed by atoms with Gasteiger partial charge in [-0.2, -0.15) is 0 Å². The first-order valence-corrected chi connectivity index (χ1v) is 6.82. The minimum atomic E-state index is -0.511. The molecule has 0 aliphatic rings. The van der Waals surface area contributed by atoms with E-state index in [4.69, 9.17) is 4.74 Å². The Labute approximate surface area is 128 Å². The summed E-state index contributed by atoms with van der Waals surface area (Å²) in [6.45, 7) is 5.00. The van der Waals surface area contributed by atoms with E-state index in [0.717, 1.165) is 5.39 Å². The summed E-state index contributed by atoms with van der Waals surface area (Å²) in [5.74, 6) is -0.628. The number of carbonyl (C=O) groups is 2. The standard InChI is InChI=1S/C17H17NO4/c1-11(2)17(21)22-10-9-16(20)18-14-7-3-6-13-12(14)5-4-8-15(13)19/h3-8,19H,1,9-10H2,2H3,(H,18,20).